The van der Waals surface area contributed by atoms with Gasteiger partial charge < -0.3 is 19.7 Å². The van der Waals surface area contributed by atoms with Crippen molar-refractivity contribution in [3.63, 3.8) is 0 Å². The van der Waals surface area contributed by atoms with Gasteiger partial charge in [-0.3, -0.25) is 9.59 Å². The summed E-state index contributed by atoms with van der Waals surface area (Å²) in [6.45, 7) is 14.3. The summed E-state index contributed by atoms with van der Waals surface area (Å²) in [7, 11) is 0. The van der Waals surface area contributed by atoms with Crippen LogP contribution in [0.5, 0.6) is 11.5 Å². The van der Waals surface area contributed by atoms with E-state index in [0.29, 0.717) is 63.4 Å². The molecule has 350 valence electrons. The monoisotopic (exact) mass is 916 g/mol. The number of carbonyl (C=O) groups excluding carboxylic acids is 2. The average Bonchev–Trinajstić information content (AvgIpc) is 3.96. The third kappa shape index (κ3) is 11.4. The van der Waals surface area contributed by atoms with Crippen molar-refractivity contribution in [2.75, 3.05) is 13.2 Å². The number of hydrogen-bond acceptors (Lipinski definition) is 10. The van der Waals surface area contributed by atoms with Gasteiger partial charge in [0.25, 0.3) is 0 Å². The fraction of sp³-hybridized carbons (Fsp3) is 0.333. The van der Waals surface area contributed by atoms with Crippen LogP contribution >= 0.6 is 0 Å². The number of rotatable bonds is 17. The van der Waals surface area contributed by atoms with Crippen molar-refractivity contribution in [3.05, 3.63) is 144 Å². The molecule has 4 heterocycles. The summed E-state index contributed by atoms with van der Waals surface area (Å²) in [5, 5.41) is 40.8. The Labute approximate surface area is 396 Å². The van der Waals surface area contributed by atoms with Crippen molar-refractivity contribution in [1.82, 2.24) is 30.0 Å². The Morgan fingerprint density at radius 1 is 0.529 bits per heavy atom. The molecule has 14 heteroatoms. The molecule has 0 fully saturated rings. The Hall–Kier alpha value is -7.48. The number of phenols is 2. The predicted molar refractivity (Wildman–Crippen MR) is 259 cm³/mol. The Balaban J connectivity index is 0.753. The number of benzene rings is 4. The molecule has 0 saturated heterocycles. The minimum Gasteiger partial charge on any atom is -0.505 e. The number of pyridine rings is 2. The number of nitrogens with zero attached hydrogens (tertiary/aromatic N) is 8. The molecule has 0 saturated carbocycles. The Kier molecular flexibility index (Phi) is 14.0. The van der Waals surface area contributed by atoms with Crippen molar-refractivity contribution in [2.24, 2.45) is 0 Å². The molecule has 0 atom stereocenters. The third-order valence-electron chi connectivity index (χ3n) is 11.9. The summed E-state index contributed by atoms with van der Waals surface area (Å²) in [5.41, 5.74) is 8.68. The molecule has 0 aliphatic carbocycles. The smallest absolute Gasteiger partial charge is 0.306 e. The van der Waals surface area contributed by atoms with Crippen LogP contribution in [0.4, 0.5) is 0 Å². The molecule has 0 radical (unpaired) electrons. The predicted octanol–water partition coefficient (Wildman–Crippen LogP) is 8.53. The van der Waals surface area contributed by atoms with Crippen LogP contribution in [0.2, 0.25) is 0 Å². The highest BCUT2D eigenvalue weighted by Gasteiger charge is 2.25. The van der Waals surface area contributed by atoms with Crippen LogP contribution in [0.15, 0.2) is 122 Å². The van der Waals surface area contributed by atoms with E-state index in [1.54, 1.807) is 0 Å². The molecule has 68 heavy (non-hydrogen) atoms. The zero-order valence-electron chi connectivity index (χ0n) is 39.7. The van der Waals surface area contributed by atoms with Gasteiger partial charge in [-0.25, -0.2) is 9.13 Å². The van der Waals surface area contributed by atoms with Gasteiger partial charge in [-0.15, -0.1) is 30.0 Å². The fourth-order valence-electron chi connectivity index (χ4n) is 8.13. The van der Waals surface area contributed by atoms with Gasteiger partial charge in [0.1, 0.15) is 44.9 Å². The van der Waals surface area contributed by atoms with Crippen LogP contribution in [0, 0.1) is 0 Å². The number of ether oxygens (including phenoxy) is 2. The number of carbonyl (C=O) groups is 2. The molecule has 4 aromatic carbocycles. The van der Waals surface area contributed by atoms with Crippen LogP contribution in [0.3, 0.4) is 0 Å². The van der Waals surface area contributed by atoms with E-state index in [0.717, 1.165) is 55.4 Å². The van der Waals surface area contributed by atoms with E-state index in [9.17, 15) is 19.8 Å². The lowest BCUT2D eigenvalue weighted by Gasteiger charge is -2.23. The van der Waals surface area contributed by atoms with E-state index in [4.69, 9.17) is 9.47 Å². The summed E-state index contributed by atoms with van der Waals surface area (Å²) in [6, 6.07) is 31.0. The highest BCUT2D eigenvalue weighted by atomic mass is 16.5. The van der Waals surface area contributed by atoms with Crippen LogP contribution in [0.25, 0.3) is 44.6 Å². The fourth-order valence-corrected chi connectivity index (χ4v) is 8.13. The highest BCUT2D eigenvalue weighted by molar-refractivity contribution is 5.75. The van der Waals surface area contributed by atoms with Crippen LogP contribution in [0.1, 0.15) is 89.5 Å². The minimum absolute atomic E-state index is 0.126. The van der Waals surface area contributed by atoms with Crippen molar-refractivity contribution in [1.29, 1.82) is 0 Å². The molecule has 0 bridgehead atoms. The van der Waals surface area contributed by atoms with Gasteiger partial charge in [0.05, 0.1) is 13.2 Å². The van der Waals surface area contributed by atoms with Crippen molar-refractivity contribution < 1.29 is 38.4 Å². The van der Waals surface area contributed by atoms with Gasteiger partial charge in [-0.2, -0.15) is 0 Å². The molecule has 14 nitrogen and oxygen atoms in total. The lowest BCUT2D eigenvalue weighted by Crippen LogP contribution is -2.33. The molecule has 4 aromatic heterocycles. The van der Waals surface area contributed by atoms with Gasteiger partial charge >= 0.3 is 11.9 Å². The van der Waals surface area contributed by atoms with Crippen LogP contribution < -0.4 is 9.13 Å². The largest absolute Gasteiger partial charge is 0.505 e. The molecular formula is C54H60N8O6+2. The number of hydrogen-bond donors (Lipinski definition) is 2. The van der Waals surface area contributed by atoms with Gasteiger partial charge in [0, 0.05) is 61.1 Å². The van der Waals surface area contributed by atoms with E-state index in [2.05, 4.69) is 53.8 Å². The second-order valence-corrected chi connectivity index (χ2v) is 19.3. The average molecular weight is 917 g/mol. The van der Waals surface area contributed by atoms with Crippen LogP contribution in [-0.2, 0) is 55.8 Å². The number of esters is 2. The first-order valence-electron chi connectivity index (χ1n) is 23.3. The second kappa shape index (κ2) is 20.2. The first-order valence-corrected chi connectivity index (χ1v) is 23.3. The Morgan fingerprint density at radius 3 is 1.19 bits per heavy atom. The summed E-state index contributed by atoms with van der Waals surface area (Å²) >= 11 is 0. The normalized spacial score (nSPS) is 11.9. The van der Waals surface area contributed by atoms with E-state index in [1.807, 2.05) is 139 Å². The van der Waals surface area contributed by atoms with Crippen molar-refractivity contribution in [2.45, 2.75) is 104 Å². The first-order chi connectivity index (χ1) is 32.6. The molecular weight excluding hydrogens is 857 g/mol. The topological polar surface area (TPSA) is 162 Å². The van der Waals surface area contributed by atoms with E-state index < -0.39 is 0 Å². The van der Waals surface area contributed by atoms with Gasteiger partial charge in [0.2, 0.25) is 0 Å². The summed E-state index contributed by atoms with van der Waals surface area (Å²) < 4.78 is 15.4. The standard InChI is InChI=1S/C54H58N8O6/c1-53(2,3)41-33-37(35-47(51(41)65)61-55-43-13-7-8-14-44(43)56-61)17-19-49(63)67-31-11-25-59-27-21-39(22-28-59)40-23-29-60(30-24-40)26-12-32-68-50(64)20-18-38-34-42(54(4,5)6)52(66)48(36-38)62-57-45-15-9-10-16-46(45)58-62/h7-10,13-16,21-24,27-30,33-36H,11-12,17-20,25-26,31-32H2,1-6H3/p+2. The lowest BCUT2D eigenvalue weighted by molar-refractivity contribution is -0.697. The first kappa shape index (κ1) is 47.0. The van der Waals surface area contributed by atoms with Crippen LogP contribution in [-0.4, -0.2) is 65.4 Å². The lowest BCUT2D eigenvalue weighted by atomic mass is 9.84. The molecule has 0 spiro atoms. The summed E-state index contributed by atoms with van der Waals surface area (Å²) in [5.74, 6) is -0.289. The third-order valence-corrected chi connectivity index (χ3v) is 11.9. The maximum absolute atomic E-state index is 12.8. The van der Waals surface area contributed by atoms with Gasteiger partial charge in [-0.1, -0.05) is 77.9 Å². The molecule has 0 amide bonds. The quantitative estimate of drug-likeness (QED) is 0.0515. The molecule has 2 N–H and O–H groups in total. The zero-order valence-corrected chi connectivity index (χ0v) is 39.7. The molecule has 8 aromatic rings. The van der Waals surface area contributed by atoms with E-state index in [-0.39, 0.29) is 47.1 Å². The minimum atomic E-state index is -0.342. The van der Waals surface area contributed by atoms with Crippen molar-refractivity contribution >= 4 is 34.0 Å². The summed E-state index contributed by atoms with van der Waals surface area (Å²) in [6.07, 6.45) is 10.8. The van der Waals surface area contributed by atoms with Gasteiger partial charge in [-0.05, 0) is 82.3 Å². The maximum Gasteiger partial charge on any atom is 0.306 e. The number of aromatic hydroxyl groups is 2. The Bertz CT molecular complexity index is 2780. The maximum atomic E-state index is 12.8. The molecule has 8 rings (SSSR count). The number of aromatic nitrogens is 8. The van der Waals surface area contributed by atoms with Crippen molar-refractivity contribution in [3.8, 4) is 34.0 Å². The number of fused-ring (bicyclic) bond motifs is 2. The zero-order chi connectivity index (χ0) is 48.0. The highest BCUT2D eigenvalue weighted by Crippen LogP contribution is 2.38. The number of aryl methyl sites for hydroxylation is 4. The number of phenolic OH excluding ortho intramolecular Hbond substituents is 2. The Morgan fingerprint density at radius 2 is 0.868 bits per heavy atom. The van der Waals surface area contributed by atoms with Gasteiger partial charge in [0.15, 0.2) is 37.9 Å². The second-order valence-electron chi connectivity index (χ2n) is 19.3. The van der Waals surface area contributed by atoms with E-state index >= 15 is 0 Å². The van der Waals surface area contributed by atoms with E-state index in [1.165, 1.54) is 9.59 Å². The summed E-state index contributed by atoms with van der Waals surface area (Å²) in [4.78, 5) is 28.5. The SMILES string of the molecule is CC(C)(C)c1cc(CCC(=O)OCCC[n+]2ccc(-c3cc[n+](CCCOC(=O)CCc4cc(-n5nc6ccccc6n5)c(O)c(C(C)(C)C)c4)cc3)cc2)cc(-n2nc3ccccc3n2)c1O. The molecule has 0 unspecified atom stereocenters. The molecule has 0 aliphatic heterocycles. The molecule has 0 aliphatic rings.